The van der Waals surface area contributed by atoms with Gasteiger partial charge in [0.25, 0.3) is 0 Å². The maximum absolute atomic E-state index is 12.0. The van der Waals surface area contributed by atoms with Crippen molar-refractivity contribution in [3.05, 3.63) is 22.8 Å². The van der Waals surface area contributed by atoms with Crippen molar-refractivity contribution >= 4 is 17.4 Å². The van der Waals surface area contributed by atoms with Gasteiger partial charge in [-0.05, 0) is 79.3 Å². The molecule has 4 rings (SSSR count). The summed E-state index contributed by atoms with van der Waals surface area (Å²) in [7, 11) is 0. The van der Waals surface area contributed by atoms with Crippen LogP contribution in [0.5, 0.6) is 0 Å². The lowest BCUT2D eigenvalue weighted by molar-refractivity contribution is -0.111. The summed E-state index contributed by atoms with van der Waals surface area (Å²) in [6.45, 7) is 7.30. The summed E-state index contributed by atoms with van der Waals surface area (Å²) >= 11 is 6.42. The van der Waals surface area contributed by atoms with Crippen LogP contribution in [0.2, 0.25) is 0 Å². The topological polar surface area (TPSA) is 17.1 Å². The molecule has 0 bridgehead atoms. The lowest BCUT2D eigenvalue weighted by atomic mass is 9.47. The molecule has 0 saturated heterocycles. The van der Waals surface area contributed by atoms with Gasteiger partial charge in [-0.1, -0.05) is 44.9 Å². The molecule has 3 saturated carbocycles. The van der Waals surface area contributed by atoms with Gasteiger partial charge in [-0.25, -0.2) is 0 Å². The molecule has 0 aliphatic heterocycles. The normalized spacial score (nSPS) is 49.0. The third-order valence-electron chi connectivity index (χ3n) is 8.34. The molecule has 0 aromatic heterocycles. The van der Waals surface area contributed by atoms with Crippen LogP contribution in [0.1, 0.15) is 65.7 Å². The minimum Gasteiger partial charge on any atom is -0.288 e. The minimum atomic E-state index is 0.0187. The third kappa shape index (κ3) is 2.01. The van der Waals surface area contributed by atoms with Gasteiger partial charge >= 0.3 is 0 Å². The summed E-state index contributed by atoms with van der Waals surface area (Å²) in [5.41, 5.74) is 1.83. The van der Waals surface area contributed by atoms with Crippen LogP contribution in [-0.4, -0.2) is 5.78 Å². The smallest absolute Gasteiger partial charge is 0.196 e. The van der Waals surface area contributed by atoms with Crippen molar-refractivity contribution in [3.8, 4) is 0 Å². The van der Waals surface area contributed by atoms with Crippen molar-refractivity contribution in [3.63, 3.8) is 0 Å². The van der Waals surface area contributed by atoms with Crippen molar-refractivity contribution in [2.45, 2.75) is 65.7 Å². The zero-order valence-corrected chi connectivity index (χ0v) is 15.5. The maximum Gasteiger partial charge on any atom is 0.196 e. The minimum absolute atomic E-state index is 0.0187. The highest BCUT2D eigenvalue weighted by Gasteiger charge is 2.58. The molecule has 3 fully saturated rings. The Morgan fingerprint density at radius 2 is 1.96 bits per heavy atom. The van der Waals surface area contributed by atoms with Gasteiger partial charge in [-0.15, -0.1) is 0 Å². The van der Waals surface area contributed by atoms with Crippen molar-refractivity contribution in [1.82, 2.24) is 0 Å². The third-order valence-corrected chi connectivity index (χ3v) is 8.75. The van der Waals surface area contributed by atoms with Crippen molar-refractivity contribution in [2.75, 3.05) is 0 Å². The molecule has 0 N–H and O–H groups in total. The summed E-state index contributed by atoms with van der Waals surface area (Å²) < 4.78 is 0. The number of ketones is 1. The molecule has 0 radical (unpaired) electrons. The van der Waals surface area contributed by atoms with E-state index in [9.17, 15) is 4.79 Å². The Hall–Kier alpha value is -0.560. The molecular weight excluding hydrogens is 304 g/mol. The second-order valence-electron chi connectivity index (χ2n) is 8.92. The first-order chi connectivity index (χ1) is 10.9. The molecule has 6 atom stereocenters. The molecule has 126 valence electrons. The van der Waals surface area contributed by atoms with Gasteiger partial charge in [-0.3, -0.25) is 4.79 Å². The van der Waals surface area contributed by atoms with Crippen molar-refractivity contribution in [2.24, 2.45) is 34.5 Å². The summed E-state index contributed by atoms with van der Waals surface area (Å²) in [5.74, 6) is 3.32. The Balaban J connectivity index is 1.71. The highest BCUT2D eigenvalue weighted by Crippen LogP contribution is 2.66. The number of halogens is 1. The van der Waals surface area contributed by atoms with E-state index in [1.54, 1.807) is 6.08 Å². The van der Waals surface area contributed by atoms with Crippen LogP contribution in [0.3, 0.4) is 0 Å². The van der Waals surface area contributed by atoms with Crippen LogP contribution in [0.25, 0.3) is 0 Å². The molecule has 0 heterocycles. The number of carbonyl (C=O) groups excluding carboxylic acids is 1. The number of rotatable bonds is 1. The fraction of sp³-hybridized carbons (Fsp3) is 0.762. The fourth-order valence-electron chi connectivity index (χ4n) is 7.06. The van der Waals surface area contributed by atoms with Crippen LogP contribution in [0, 0.1) is 34.5 Å². The van der Waals surface area contributed by atoms with E-state index in [1.165, 1.54) is 44.1 Å². The molecule has 2 heteroatoms. The Labute approximate surface area is 145 Å². The first-order valence-electron chi connectivity index (χ1n) is 9.54. The zero-order chi connectivity index (χ0) is 16.4. The van der Waals surface area contributed by atoms with E-state index < -0.39 is 0 Å². The average Bonchev–Trinajstić information content (AvgIpc) is 2.88. The number of hydrogen-bond donors (Lipinski definition) is 0. The van der Waals surface area contributed by atoms with E-state index >= 15 is 0 Å². The Kier molecular flexibility index (Phi) is 3.61. The molecule has 4 aliphatic carbocycles. The Morgan fingerprint density at radius 1 is 1.17 bits per heavy atom. The van der Waals surface area contributed by atoms with Gasteiger partial charge in [-0.2, -0.15) is 0 Å². The number of fused-ring (bicyclic) bond motifs is 5. The lowest BCUT2D eigenvalue weighted by Crippen LogP contribution is -2.49. The van der Waals surface area contributed by atoms with Crippen LogP contribution in [0.4, 0.5) is 0 Å². The Morgan fingerprint density at radius 3 is 2.70 bits per heavy atom. The van der Waals surface area contributed by atoms with Crippen molar-refractivity contribution in [1.29, 1.82) is 0 Å². The summed E-state index contributed by atoms with van der Waals surface area (Å²) in [5, 5.41) is 0.527. The SMILES string of the molecule is CC[C@H]1CC[C@H]2[C@@H]3CCC4=C(Cl)C(=O)C=C[C@]4(C)[C@H]3CC[C@]12C. The number of allylic oxidation sites excluding steroid dienone is 4. The molecule has 0 amide bonds. The van der Waals surface area contributed by atoms with Gasteiger partial charge in [0, 0.05) is 5.41 Å². The molecule has 0 aromatic carbocycles. The molecule has 0 spiro atoms. The Bertz CT molecular complexity index is 603. The molecular formula is C21H29ClO. The predicted octanol–water partition coefficient (Wildman–Crippen LogP) is 5.89. The first kappa shape index (κ1) is 15.9. The highest BCUT2D eigenvalue weighted by molar-refractivity contribution is 6.45. The lowest BCUT2D eigenvalue weighted by Gasteiger charge is -2.57. The maximum atomic E-state index is 12.0. The van der Waals surface area contributed by atoms with Gasteiger partial charge in [0.05, 0.1) is 5.03 Å². The van der Waals surface area contributed by atoms with Crippen LogP contribution in [-0.2, 0) is 4.79 Å². The summed E-state index contributed by atoms with van der Waals surface area (Å²) in [6, 6.07) is 0. The summed E-state index contributed by atoms with van der Waals surface area (Å²) in [4.78, 5) is 12.0. The molecule has 0 aromatic rings. The fourth-order valence-corrected chi connectivity index (χ4v) is 7.42. The largest absolute Gasteiger partial charge is 0.288 e. The van der Waals surface area contributed by atoms with Crippen LogP contribution in [0.15, 0.2) is 22.8 Å². The second-order valence-corrected chi connectivity index (χ2v) is 9.29. The monoisotopic (exact) mass is 332 g/mol. The molecule has 1 nitrogen and oxygen atoms in total. The molecule has 23 heavy (non-hydrogen) atoms. The van der Waals surface area contributed by atoms with Crippen LogP contribution >= 0.6 is 11.6 Å². The van der Waals surface area contributed by atoms with Crippen molar-refractivity contribution < 1.29 is 4.79 Å². The number of carbonyl (C=O) groups is 1. The predicted molar refractivity (Wildman–Crippen MR) is 95.2 cm³/mol. The molecule has 4 aliphatic rings. The quantitative estimate of drug-likeness (QED) is 0.585. The average molecular weight is 333 g/mol. The van der Waals surface area contributed by atoms with Gasteiger partial charge in [0.15, 0.2) is 5.78 Å². The van der Waals surface area contributed by atoms with E-state index in [-0.39, 0.29) is 11.2 Å². The summed E-state index contributed by atoms with van der Waals surface area (Å²) in [6.07, 6.45) is 13.0. The van der Waals surface area contributed by atoms with Gasteiger partial charge < -0.3 is 0 Å². The van der Waals surface area contributed by atoms with E-state index in [2.05, 4.69) is 26.8 Å². The van der Waals surface area contributed by atoms with E-state index in [4.69, 9.17) is 11.6 Å². The van der Waals surface area contributed by atoms with E-state index in [0.717, 1.165) is 24.2 Å². The zero-order valence-electron chi connectivity index (χ0n) is 14.7. The van der Waals surface area contributed by atoms with E-state index in [1.807, 2.05) is 0 Å². The molecule has 0 unspecified atom stereocenters. The van der Waals surface area contributed by atoms with E-state index in [0.29, 0.717) is 16.4 Å². The highest BCUT2D eigenvalue weighted by atomic mass is 35.5. The second kappa shape index (κ2) is 5.22. The number of hydrogen-bond acceptors (Lipinski definition) is 1. The van der Waals surface area contributed by atoms with Gasteiger partial charge in [0.1, 0.15) is 0 Å². The standard InChI is InChI=1S/C21H29ClO/c1-4-13-5-7-15-14-6-8-17-19(22)18(23)10-12-21(17,3)16(14)9-11-20(13,15)2/h10,12-16H,4-9,11H2,1-3H3/t13-,14-,15-,16-,20+,21+/m0/s1. The van der Waals surface area contributed by atoms with Gasteiger partial charge in [0.2, 0.25) is 0 Å². The van der Waals surface area contributed by atoms with Crippen LogP contribution < -0.4 is 0 Å². The first-order valence-corrected chi connectivity index (χ1v) is 9.92.